The molecule has 4 aromatic rings. The van der Waals surface area contributed by atoms with E-state index in [9.17, 15) is 9.90 Å². The molecule has 0 aliphatic carbocycles. The third kappa shape index (κ3) is 4.58. The Morgan fingerprint density at radius 2 is 1.00 bits per heavy atom. The molecule has 0 bridgehead atoms. The van der Waals surface area contributed by atoms with Crippen LogP contribution in [0.15, 0.2) is 115 Å². The van der Waals surface area contributed by atoms with Gasteiger partial charge < -0.3 is 6.53 Å². The maximum Gasteiger partial charge on any atom is 1.00 e. The van der Waals surface area contributed by atoms with Crippen LogP contribution in [0.5, 0.6) is 0 Å². The average Bonchev–Trinajstić information content (AvgIpc) is 2.79. The van der Waals surface area contributed by atoms with E-state index in [0.29, 0.717) is 5.56 Å². The van der Waals surface area contributed by atoms with Crippen molar-refractivity contribution in [3.63, 3.8) is 0 Å². The van der Waals surface area contributed by atoms with E-state index in [2.05, 4.69) is 91.0 Å². The van der Waals surface area contributed by atoms with E-state index in [4.69, 9.17) is 0 Å². The molecule has 0 amide bonds. The summed E-state index contributed by atoms with van der Waals surface area (Å²) in [7, 11) is -1.96. The zero-order valence-electron chi connectivity index (χ0n) is 18.0. The Morgan fingerprint density at radius 1 is 0.633 bits per heavy atom. The SMILES string of the molecule is O=C(O)c1ccc(C[P+](c2ccccc2)(c2ccccc2)c2ccccc2)cc1.[H-].[Na+]. The number of hydrogen-bond acceptors (Lipinski definition) is 1. The van der Waals surface area contributed by atoms with E-state index in [1.54, 1.807) is 12.1 Å². The quantitative estimate of drug-likeness (QED) is 0.382. The monoisotopic (exact) mass is 421 g/mol. The van der Waals surface area contributed by atoms with Gasteiger partial charge in [-0.25, -0.2) is 4.79 Å². The second-order valence-corrected chi connectivity index (χ2v) is 10.5. The first-order chi connectivity index (χ1) is 14.2. The van der Waals surface area contributed by atoms with E-state index >= 15 is 0 Å². The van der Waals surface area contributed by atoms with Crippen LogP contribution in [0.4, 0.5) is 0 Å². The van der Waals surface area contributed by atoms with Gasteiger partial charge in [-0.3, -0.25) is 0 Å². The van der Waals surface area contributed by atoms with Crippen LogP contribution in [0, 0.1) is 0 Å². The van der Waals surface area contributed by atoms with E-state index in [1.165, 1.54) is 15.9 Å². The molecule has 0 fully saturated rings. The molecule has 0 unspecified atom stereocenters. The number of carbonyl (C=O) groups is 1. The number of carboxylic acids is 1. The van der Waals surface area contributed by atoms with Crippen molar-refractivity contribution in [2.24, 2.45) is 0 Å². The van der Waals surface area contributed by atoms with Crippen LogP contribution in [0.25, 0.3) is 0 Å². The van der Waals surface area contributed by atoms with Gasteiger partial charge in [0, 0.05) is 0 Å². The second kappa shape index (κ2) is 10.2. The van der Waals surface area contributed by atoms with Crippen LogP contribution in [-0.4, -0.2) is 11.1 Å². The predicted molar refractivity (Wildman–Crippen MR) is 123 cm³/mol. The third-order valence-corrected chi connectivity index (χ3v) is 9.59. The smallest absolute Gasteiger partial charge is 1.00 e. The van der Waals surface area contributed by atoms with Gasteiger partial charge in [0.05, 0.1) is 11.7 Å². The number of hydrogen-bond donors (Lipinski definition) is 1. The fourth-order valence-corrected chi connectivity index (χ4v) is 8.04. The van der Waals surface area contributed by atoms with Crippen LogP contribution in [0.1, 0.15) is 17.3 Å². The summed E-state index contributed by atoms with van der Waals surface area (Å²) < 4.78 is 0. The van der Waals surface area contributed by atoms with E-state index in [-0.39, 0.29) is 31.0 Å². The fourth-order valence-electron chi connectivity index (χ4n) is 3.80. The molecule has 30 heavy (non-hydrogen) atoms. The van der Waals surface area contributed by atoms with E-state index in [0.717, 1.165) is 11.7 Å². The van der Waals surface area contributed by atoms with Crippen molar-refractivity contribution < 1.29 is 40.9 Å². The average molecular weight is 421 g/mol. The van der Waals surface area contributed by atoms with Crippen molar-refractivity contribution >= 4 is 29.1 Å². The summed E-state index contributed by atoms with van der Waals surface area (Å²) in [5, 5.41) is 13.2. The Hall–Kier alpha value is -2.22. The Bertz CT molecular complexity index is 992. The summed E-state index contributed by atoms with van der Waals surface area (Å²) in [6.45, 7) is 0. The van der Waals surface area contributed by atoms with Gasteiger partial charge in [0.15, 0.2) is 0 Å². The first-order valence-corrected chi connectivity index (χ1v) is 11.5. The summed E-state index contributed by atoms with van der Waals surface area (Å²) in [6, 6.07) is 39.4. The topological polar surface area (TPSA) is 37.3 Å². The molecule has 0 aromatic heterocycles. The molecule has 1 N–H and O–H groups in total. The molecule has 0 heterocycles. The van der Waals surface area contributed by atoms with Crippen LogP contribution < -0.4 is 45.5 Å². The summed E-state index contributed by atoms with van der Waals surface area (Å²) in [4.78, 5) is 11.3. The van der Waals surface area contributed by atoms with E-state index in [1.807, 2.05) is 12.1 Å². The van der Waals surface area contributed by atoms with Gasteiger partial charge >= 0.3 is 35.5 Å². The molecule has 0 radical (unpaired) electrons. The molecule has 144 valence electrons. The second-order valence-electron chi connectivity index (χ2n) is 6.98. The third-order valence-electron chi connectivity index (χ3n) is 5.21. The van der Waals surface area contributed by atoms with Gasteiger partial charge in [0.2, 0.25) is 0 Å². The molecule has 0 saturated heterocycles. The minimum absolute atomic E-state index is 0. The summed E-state index contributed by atoms with van der Waals surface area (Å²) in [6.07, 6.45) is 0.838. The Morgan fingerprint density at radius 3 is 1.33 bits per heavy atom. The fraction of sp³-hybridized carbons (Fsp3) is 0.0385. The van der Waals surface area contributed by atoms with Crippen molar-refractivity contribution in [3.05, 3.63) is 126 Å². The summed E-state index contributed by atoms with van der Waals surface area (Å²) in [5.41, 5.74) is 1.46. The predicted octanol–water partition coefficient (Wildman–Crippen LogP) is 2.00. The van der Waals surface area contributed by atoms with Crippen LogP contribution in [0.2, 0.25) is 0 Å². The largest absolute Gasteiger partial charge is 1.00 e. The van der Waals surface area contributed by atoms with Gasteiger partial charge in [-0.1, -0.05) is 66.7 Å². The number of carboxylic acid groups (broad SMARTS) is 1. The van der Waals surface area contributed by atoms with Crippen LogP contribution >= 0.6 is 7.26 Å². The molecule has 0 atom stereocenters. The Labute approximate surface area is 201 Å². The van der Waals surface area contributed by atoms with Gasteiger partial charge in [-0.2, -0.15) is 0 Å². The minimum Gasteiger partial charge on any atom is -1.00 e. The molecule has 2 nitrogen and oxygen atoms in total. The van der Waals surface area contributed by atoms with Crippen LogP contribution in [0.3, 0.4) is 0 Å². The molecular formula is C26H23NaO2P+. The molecule has 0 spiro atoms. The standard InChI is InChI=1S/C26H21O2P.Na.H/c27-26(28)22-18-16-21(17-19-22)20-29(23-10-4-1-5-11-23,24-12-6-2-7-13-24)25-14-8-3-9-15-25;;/h1-19H,20H2;;/q;+1;-1/p+1. The van der Waals surface area contributed by atoms with Crippen molar-refractivity contribution in [1.82, 2.24) is 0 Å². The first kappa shape index (κ1) is 22.5. The summed E-state index contributed by atoms with van der Waals surface area (Å²) >= 11 is 0. The molecule has 0 aliphatic heterocycles. The maximum absolute atomic E-state index is 11.3. The zero-order valence-corrected chi connectivity index (χ0v) is 19.9. The van der Waals surface area contributed by atoms with Gasteiger partial charge in [-0.05, 0) is 54.1 Å². The normalized spacial score (nSPS) is 10.8. The molecule has 0 aliphatic rings. The molecule has 4 rings (SSSR count). The molecule has 0 saturated carbocycles. The van der Waals surface area contributed by atoms with Gasteiger partial charge in [0.25, 0.3) is 0 Å². The van der Waals surface area contributed by atoms with Crippen molar-refractivity contribution in [2.45, 2.75) is 6.16 Å². The van der Waals surface area contributed by atoms with Crippen molar-refractivity contribution in [2.75, 3.05) is 0 Å². The maximum atomic E-state index is 11.3. The summed E-state index contributed by atoms with van der Waals surface area (Å²) in [5.74, 6) is -0.896. The molecule has 4 aromatic carbocycles. The number of rotatable bonds is 6. The van der Waals surface area contributed by atoms with E-state index < -0.39 is 13.2 Å². The first-order valence-electron chi connectivity index (χ1n) is 9.57. The number of aromatic carboxylic acids is 1. The van der Waals surface area contributed by atoms with Gasteiger partial charge in [0.1, 0.15) is 23.2 Å². The van der Waals surface area contributed by atoms with Crippen molar-refractivity contribution in [3.8, 4) is 0 Å². The number of benzene rings is 4. The van der Waals surface area contributed by atoms with Crippen LogP contribution in [-0.2, 0) is 6.16 Å². The Kier molecular flexibility index (Phi) is 7.64. The molecular weight excluding hydrogens is 398 g/mol. The minimum atomic E-state index is -1.96. The zero-order chi connectivity index (χ0) is 20.1. The molecule has 4 heteroatoms. The van der Waals surface area contributed by atoms with Gasteiger partial charge in [-0.15, -0.1) is 0 Å². The Balaban J connectivity index is 0.00000171. The van der Waals surface area contributed by atoms with Crippen molar-refractivity contribution in [1.29, 1.82) is 0 Å².